The molecule has 7 heteroatoms. The maximum absolute atomic E-state index is 12.6. The molecule has 0 atom stereocenters. The molecule has 0 radical (unpaired) electrons. The van der Waals surface area contributed by atoms with Gasteiger partial charge in [0.2, 0.25) is 0 Å². The Morgan fingerprint density at radius 3 is 2.65 bits per heavy atom. The van der Waals surface area contributed by atoms with Crippen LogP contribution >= 0.6 is 0 Å². The Morgan fingerprint density at radius 1 is 1.26 bits per heavy atom. The molecule has 1 amide bonds. The molecule has 1 aromatic carbocycles. The highest BCUT2D eigenvalue weighted by molar-refractivity contribution is 5.97. The van der Waals surface area contributed by atoms with E-state index in [1.165, 1.54) is 7.11 Å². The van der Waals surface area contributed by atoms with E-state index in [2.05, 4.69) is 15.4 Å². The number of benzene rings is 1. The van der Waals surface area contributed by atoms with Crippen molar-refractivity contribution in [1.29, 1.82) is 0 Å². The molecule has 1 aromatic rings. The van der Waals surface area contributed by atoms with E-state index >= 15 is 0 Å². The Labute approximate surface area is 135 Å². The van der Waals surface area contributed by atoms with Crippen LogP contribution in [0.5, 0.6) is 5.75 Å². The summed E-state index contributed by atoms with van der Waals surface area (Å²) in [5.74, 6) is -0.163. The van der Waals surface area contributed by atoms with Crippen molar-refractivity contribution in [2.24, 2.45) is 0 Å². The Morgan fingerprint density at radius 2 is 2.00 bits per heavy atom. The first-order valence-electron chi connectivity index (χ1n) is 7.46. The van der Waals surface area contributed by atoms with Crippen LogP contribution in [0.3, 0.4) is 0 Å². The molecule has 1 aliphatic heterocycles. The zero-order valence-corrected chi connectivity index (χ0v) is 13.4. The Kier molecular flexibility index (Phi) is 5.95. The molecular formula is C16H22N2O5. The molecule has 0 aromatic heterocycles. The molecule has 0 unspecified atom stereocenters. The van der Waals surface area contributed by atoms with E-state index in [4.69, 9.17) is 9.47 Å². The zero-order valence-electron chi connectivity index (χ0n) is 13.4. The number of carbonyl (C=O) groups excluding carboxylic acids is 2. The van der Waals surface area contributed by atoms with Gasteiger partial charge in [-0.2, -0.15) is 0 Å². The van der Waals surface area contributed by atoms with Crippen molar-refractivity contribution in [2.45, 2.75) is 18.4 Å². The zero-order chi connectivity index (χ0) is 16.7. The molecule has 0 bridgehead atoms. The fourth-order valence-electron chi connectivity index (χ4n) is 2.46. The number of anilines is 1. The second-order valence-electron chi connectivity index (χ2n) is 5.30. The van der Waals surface area contributed by atoms with Crippen molar-refractivity contribution in [3.05, 3.63) is 24.3 Å². The molecule has 0 spiro atoms. The number of rotatable bonds is 6. The first-order valence-corrected chi connectivity index (χ1v) is 7.46. The van der Waals surface area contributed by atoms with Gasteiger partial charge in [-0.1, -0.05) is 6.07 Å². The molecule has 23 heavy (non-hydrogen) atoms. The molecule has 0 saturated carbocycles. The monoisotopic (exact) mass is 322 g/mol. The number of amides is 1. The quantitative estimate of drug-likeness (QED) is 0.758. The van der Waals surface area contributed by atoms with Crippen molar-refractivity contribution >= 4 is 17.6 Å². The standard InChI is InChI=1S/C16H22N2O5/c1-21-14(19)11-23-13-5-3-4-12(10-13)18-15(20)16(22-2)6-8-17-9-7-16/h3-5,10,17H,6-9,11H2,1-2H3,(H,18,20). The SMILES string of the molecule is COC(=O)COc1cccc(NC(=O)C2(OC)CCNCC2)c1. The van der Waals surface area contributed by atoms with Crippen LogP contribution in [0.1, 0.15) is 12.8 Å². The second-order valence-corrected chi connectivity index (χ2v) is 5.30. The predicted molar refractivity (Wildman–Crippen MR) is 84.4 cm³/mol. The Balaban J connectivity index is 2.01. The average molecular weight is 322 g/mol. The number of esters is 1. The third-order valence-electron chi connectivity index (χ3n) is 3.89. The molecule has 1 aliphatic rings. The molecule has 0 aliphatic carbocycles. The van der Waals surface area contributed by atoms with Crippen LogP contribution in [-0.4, -0.2) is 51.4 Å². The van der Waals surface area contributed by atoms with Crippen molar-refractivity contribution < 1.29 is 23.8 Å². The highest BCUT2D eigenvalue weighted by Gasteiger charge is 2.39. The van der Waals surface area contributed by atoms with Crippen molar-refractivity contribution in [1.82, 2.24) is 5.32 Å². The highest BCUT2D eigenvalue weighted by atomic mass is 16.6. The second kappa shape index (κ2) is 7.94. The highest BCUT2D eigenvalue weighted by Crippen LogP contribution is 2.25. The lowest BCUT2D eigenvalue weighted by atomic mass is 9.91. The molecular weight excluding hydrogens is 300 g/mol. The normalized spacial score (nSPS) is 16.4. The van der Waals surface area contributed by atoms with Gasteiger partial charge in [-0.25, -0.2) is 4.79 Å². The Hall–Kier alpha value is -2.12. The van der Waals surface area contributed by atoms with E-state index in [0.29, 0.717) is 24.3 Å². The molecule has 126 valence electrons. The van der Waals surface area contributed by atoms with Crippen LogP contribution in [0.2, 0.25) is 0 Å². The van der Waals surface area contributed by atoms with Crippen LogP contribution in [0.15, 0.2) is 24.3 Å². The number of hydrogen-bond donors (Lipinski definition) is 2. The summed E-state index contributed by atoms with van der Waals surface area (Å²) in [6.07, 6.45) is 1.24. The third-order valence-corrected chi connectivity index (χ3v) is 3.89. The number of nitrogens with one attached hydrogen (secondary N) is 2. The van der Waals surface area contributed by atoms with Crippen molar-refractivity contribution in [2.75, 3.05) is 39.2 Å². The van der Waals surface area contributed by atoms with E-state index < -0.39 is 11.6 Å². The van der Waals surface area contributed by atoms with Crippen LogP contribution in [0.25, 0.3) is 0 Å². The van der Waals surface area contributed by atoms with Crippen LogP contribution < -0.4 is 15.4 Å². The average Bonchev–Trinajstić information content (AvgIpc) is 2.60. The van der Waals surface area contributed by atoms with Gasteiger partial charge < -0.3 is 24.8 Å². The summed E-state index contributed by atoms with van der Waals surface area (Å²) in [6.45, 7) is 1.30. The fourth-order valence-corrected chi connectivity index (χ4v) is 2.46. The molecule has 7 nitrogen and oxygen atoms in total. The minimum Gasteiger partial charge on any atom is -0.482 e. The van der Waals surface area contributed by atoms with Crippen LogP contribution in [0.4, 0.5) is 5.69 Å². The van der Waals surface area contributed by atoms with Gasteiger partial charge >= 0.3 is 5.97 Å². The number of carbonyl (C=O) groups is 2. The lowest BCUT2D eigenvalue weighted by Gasteiger charge is -2.34. The topological polar surface area (TPSA) is 85.9 Å². The number of ether oxygens (including phenoxy) is 3. The van der Waals surface area contributed by atoms with Gasteiger partial charge in [0, 0.05) is 18.9 Å². The minimum atomic E-state index is -0.811. The molecule has 2 rings (SSSR count). The summed E-state index contributed by atoms with van der Waals surface area (Å²) in [5, 5.41) is 6.07. The van der Waals surface area contributed by atoms with E-state index in [-0.39, 0.29) is 12.5 Å². The van der Waals surface area contributed by atoms with Gasteiger partial charge in [0.1, 0.15) is 11.4 Å². The van der Waals surface area contributed by atoms with Crippen LogP contribution in [0, 0.1) is 0 Å². The smallest absolute Gasteiger partial charge is 0.343 e. The van der Waals surface area contributed by atoms with Gasteiger partial charge in [0.15, 0.2) is 6.61 Å². The summed E-state index contributed by atoms with van der Waals surface area (Å²) < 4.78 is 15.3. The molecule has 1 fully saturated rings. The van der Waals surface area contributed by atoms with Gasteiger partial charge in [0.25, 0.3) is 5.91 Å². The predicted octanol–water partition coefficient (Wildman–Crippen LogP) is 0.945. The van der Waals surface area contributed by atoms with E-state index in [9.17, 15) is 9.59 Å². The largest absolute Gasteiger partial charge is 0.482 e. The molecule has 1 heterocycles. The Bertz CT molecular complexity index is 555. The van der Waals surface area contributed by atoms with Crippen LogP contribution in [-0.2, 0) is 19.1 Å². The van der Waals surface area contributed by atoms with Gasteiger partial charge in [-0.05, 0) is 38.1 Å². The van der Waals surface area contributed by atoms with Crippen molar-refractivity contribution in [3.63, 3.8) is 0 Å². The third kappa shape index (κ3) is 4.43. The summed E-state index contributed by atoms with van der Waals surface area (Å²) in [4.78, 5) is 23.7. The van der Waals surface area contributed by atoms with Gasteiger partial charge in [-0.15, -0.1) is 0 Å². The number of hydrogen-bond acceptors (Lipinski definition) is 6. The van der Waals surface area contributed by atoms with Gasteiger partial charge in [-0.3, -0.25) is 4.79 Å². The molecule has 2 N–H and O–H groups in total. The fraction of sp³-hybridized carbons (Fsp3) is 0.500. The summed E-state index contributed by atoms with van der Waals surface area (Å²) >= 11 is 0. The maximum atomic E-state index is 12.6. The molecule has 1 saturated heterocycles. The first kappa shape index (κ1) is 17.2. The number of piperidine rings is 1. The summed E-state index contributed by atoms with van der Waals surface area (Å²) in [5.41, 5.74) is -0.221. The minimum absolute atomic E-state index is 0.174. The van der Waals surface area contributed by atoms with Gasteiger partial charge in [0.05, 0.1) is 7.11 Å². The van der Waals surface area contributed by atoms with E-state index in [1.807, 2.05) is 0 Å². The summed E-state index contributed by atoms with van der Waals surface area (Å²) in [7, 11) is 2.85. The summed E-state index contributed by atoms with van der Waals surface area (Å²) in [6, 6.07) is 6.86. The lowest BCUT2D eigenvalue weighted by Crippen LogP contribution is -2.51. The maximum Gasteiger partial charge on any atom is 0.343 e. The van der Waals surface area contributed by atoms with E-state index in [1.54, 1.807) is 31.4 Å². The van der Waals surface area contributed by atoms with Crippen molar-refractivity contribution in [3.8, 4) is 5.75 Å². The lowest BCUT2D eigenvalue weighted by molar-refractivity contribution is -0.143. The number of methoxy groups -OCH3 is 2. The first-order chi connectivity index (χ1) is 11.1. The van der Waals surface area contributed by atoms with E-state index in [0.717, 1.165) is 13.1 Å².